The molecule has 4 aromatic carbocycles. The Bertz CT molecular complexity index is 1600. The first-order valence-corrected chi connectivity index (χ1v) is 19.2. The maximum atomic E-state index is 9.26. The zero-order valence-electron chi connectivity index (χ0n) is 26.7. The number of aliphatic hydroxyl groups is 2. The van der Waals surface area contributed by atoms with Gasteiger partial charge in [-0.05, 0) is 71.8 Å². The molecule has 264 valence electrons. The molecule has 0 amide bonds. The minimum atomic E-state index is 0.140. The molecule has 2 aliphatic heterocycles. The number of benzene rings is 4. The summed E-state index contributed by atoms with van der Waals surface area (Å²) in [4.78, 5) is 6.88. The van der Waals surface area contributed by atoms with Crippen molar-refractivity contribution >= 4 is 96.9 Å². The summed E-state index contributed by atoms with van der Waals surface area (Å²) in [6, 6.07) is 27.5. The number of anilines is 2. The van der Waals surface area contributed by atoms with Gasteiger partial charge >= 0.3 is 0 Å². The maximum Gasteiger partial charge on any atom is 0.0670 e. The summed E-state index contributed by atoms with van der Waals surface area (Å²) >= 11 is 39.9. The van der Waals surface area contributed by atoms with Crippen LogP contribution in [0.1, 0.15) is 23.2 Å². The van der Waals surface area contributed by atoms with Gasteiger partial charge in [0, 0.05) is 71.2 Å². The van der Waals surface area contributed by atoms with Crippen molar-refractivity contribution in [2.75, 3.05) is 74.2 Å². The van der Waals surface area contributed by atoms with Crippen LogP contribution < -0.4 is 15.1 Å². The number of β-amino-alcohol motifs (C(OH)–C–C–N with tert-alkyl or cyclic N) is 1. The Hall–Kier alpha value is -1.46. The second-order valence-electron chi connectivity index (χ2n) is 11.4. The molecule has 0 unspecified atom stereocenters. The van der Waals surface area contributed by atoms with Crippen molar-refractivity contribution in [2.45, 2.75) is 12.1 Å². The van der Waals surface area contributed by atoms with Crippen LogP contribution in [0.3, 0.4) is 0 Å². The quantitative estimate of drug-likeness (QED) is 0.161. The Labute approximate surface area is 327 Å². The number of piperazine rings is 2. The molecule has 6 rings (SSSR count). The topological polar surface area (TPSA) is 62.2 Å². The normalized spacial score (nSPS) is 17.9. The van der Waals surface area contributed by atoms with E-state index in [1.807, 2.05) is 60.7 Å². The molecule has 0 spiro atoms. The molecule has 2 fully saturated rings. The van der Waals surface area contributed by atoms with Gasteiger partial charge in [0.15, 0.2) is 0 Å². The Morgan fingerprint density at radius 1 is 0.612 bits per heavy atom. The van der Waals surface area contributed by atoms with E-state index in [-0.39, 0.29) is 25.3 Å². The Kier molecular flexibility index (Phi) is 16.9. The van der Waals surface area contributed by atoms with Gasteiger partial charge in [0.1, 0.15) is 0 Å². The van der Waals surface area contributed by atoms with E-state index in [4.69, 9.17) is 74.7 Å². The van der Waals surface area contributed by atoms with Crippen molar-refractivity contribution in [1.29, 1.82) is 0 Å². The first-order chi connectivity index (χ1) is 23.6. The fraction of sp³-hybridized carbons (Fsp3) is 0.333. The van der Waals surface area contributed by atoms with E-state index in [1.165, 1.54) is 11.1 Å². The molecule has 0 radical (unpaired) electrons. The van der Waals surface area contributed by atoms with Crippen molar-refractivity contribution in [1.82, 2.24) is 10.2 Å². The molecular weight excluding hydrogens is 813 g/mol. The fourth-order valence-corrected chi connectivity index (χ4v) is 7.13. The average molecular weight is 852 g/mol. The van der Waals surface area contributed by atoms with Crippen LogP contribution in [0.2, 0.25) is 30.1 Å². The highest BCUT2D eigenvalue weighted by molar-refractivity contribution is 9.09. The molecule has 0 bridgehead atoms. The first kappa shape index (κ1) is 40.3. The lowest BCUT2D eigenvalue weighted by Crippen LogP contribution is -2.49. The van der Waals surface area contributed by atoms with Crippen molar-refractivity contribution in [3.63, 3.8) is 0 Å². The summed E-state index contributed by atoms with van der Waals surface area (Å²) in [5.41, 5.74) is 4.39. The van der Waals surface area contributed by atoms with E-state index in [9.17, 15) is 5.11 Å². The smallest absolute Gasteiger partial charge is 0.0670 e. The second kappa shape index (κ2) is 20.5. The third-order valence-corrected chi connectivity index (χ3v) is 10.1. The van der Waals surface area contributed by atoms with Gasteiger partial charge in [-0.25, -0.2) is 0 Å². The van der Waals surface area contributed by atoms with Crippen LogP contribution in [0.15, 0.2) is 84.9 Å². The van der Waals surface area contributed by atoms with Gasteiger partial charge in [0.2, 0.25) is 0 Å². The van der Waals surface area contributed by atoms with Crippen LogP contribution in [0.25, 0.3) is 0 Å². The van der Waals surface area contributed by atoms with Crippen LogP contribution in [0, 0.1) is 0 Å². The van der Waals surface area contributed by atoms with Crippen molar-refractivity contribution in [3.05, 3.63) is 126 Å². The predicted molar refractivity (Wildman–Crippen MR) is 213 cm³/mol. The molecule has 0 aliphatic carbocycles. The van der Waals surface area contributed by atoms with Gasteiger partial charge in [-0.1, -0.05) is 110 Å². The maximum absolute atomic E-state index is 9.26. The van der Waals surface area contributed by atoms with E-state index in [0.29, 0.717) is 32.0 Å². The van der Waals surface area contributed by atoms with E-state index < -0.39 is 0 Å². The molecule has 2 atom stereocenters. The molecule has 4 aromatic rings. The standard InChI is InChI=1S/C18H19Cl3N2O.C16H15Cl3N2.C2H5BrO/c19-14-3-1-13(2-4-14)18-12-22(9-10-24)7-8-23(18)17-6-5-15(20)11-16(17)21;17-12-3-1-11(2-4-12)16-10-20-7-8-21(16)15-6-5-13(18)9-14(15)19;3-1-2-4/h1-6,11,18,24H,7-10,12H2;1-6,9,16,20H,7-8,10H2;4H,1-2H2/t18-;16-;/m00./s1. The third kappa shape index (κ3) is 11.8. The number of alkyl halides is 1. The van der Waals surface area contributed by atoms with Crippen molar-refractivity contribution in [2.24, 2.45) is 0 Å². The highest BCUT2D eigenvalue weighted by Crippen LogP contribution is 2.37. The molecule has 3 N–H and O–H groups in total. The Morgan fingerprint density at radius 3 is 1.55 bits per heavy atom. The van der Waals surface area contributed by atoms with E-state index in [1.54, 1.807) is 12.1 Å². The van der Waals surface area contributed by atoms with Crippen molar-refractivity contribution in [3.8, 4) is 0 Å². The molecule has 2 heterocycles. The van der Waals surface area contributed by atoms with Gasteiger partial charge < -0.3 is 25.3 Å². The number of halogens is 7. The molecule has 0 saturated carbocycles. The van der Waals surface area contributed by atoms with E-state index >= 15 is 0 Å². The zero-order valence-corrected chi connectivity index (χ0v) is 32.8. The number of hydrogen-bond donors (Lipinski definition) is 3. The first-order valence-electron chi connectivity index (χ1n) is 15.8. The number of hydrogen-bond acceptors (Lipinski definition) is 6. The fourth-order valence-electron chi connectivity index (χ4n) is 5.85. The molecule has 2 saturated heterocycles. The third-order valence-electron chi connectivity index (χ3n) is 8.16. The van der Waals surface area contributed by atoms with E-state index in [0.717, 1.165) is 60.7 Å². The van der Waals surface area contributed by atoms with Gasteiger partial charge in [-0.3, -0.25) is 4.90 Å². The van der Waals surface area contributed by atoms with E-state index in [2.05, 4.69) is 48.1 Å². The largest absolute Gasteiger partial charge is 0.396 e. The lowest BCUT2D eigenvalue weighted by molar-refractivity contribution is 0.171. The molecule has 6 nitrogen and oxygen atoms in total. The molecule has 2 aliphatic rings. The lowest BCUT2D eigenvalue weighted by Gasteiger charge is -2.43. The highest BCUT2D eigenvalue weighted by atomic mass is 79.9. The summed E-state index contributed by atoms with van der Waals surface area (Å²) in [6.45, 7) is 6.30. The predicted octanol–water partition coefficient (Wildman–Crippen LogP) is 9.67. The average Bonchev–Trinajstić information content (AvgIpc) is 3.10. The number of nitrogens with zero attached hydrogens (tertiary/aromatic N) is 3. The zero-order chi connectivity index (χ0) is 35.3. The summed E-state index contributed by atoms with van der Waals surface area (Å²) in [5, 5.41) is 25.3. The van der Waals surface area contributed by atoms with Crippen molar-refractivity contribution < 1.29 is 10.2 Å². The summed E-state index contributed by atoms with van der Waals surface area (Å²) in [7, 11) is 0. The number of nitrogens with one attached hydrogen (secondary N) is 1. The Balaban J connectivity index is 0.000000201. The summed E-state index contributed by atoms with van der Waals surface area (Å²) in [6.07, 6.45) is 0. The highest BCUT2D eigenvalue weighted by Gasteiger charge is 2.29. The lowest BCUT2D eigenvalue weighted by atomic mass is 10.0. The van der Waals surface area contributed by atoms with Crippen LogP contribution in [-0.4, -0.2) is 79.5 Å². The molecule has 13 heteroatoms. The minimum absolute atomic E-state index is 0.140. The number of aliphatic hydroxyl groups excluding tert-OH is 2. The molecule has 0 aromatic heterocycles. The van der Waals surface area contributed by atoms with Crippen LogP contribution in [-0.2, 0) is 0 Å². The van der Waals surface area contributed by atoms with Crippen LogP contribution in [0.4, 0.5) is 11.4 Å². The summed E-state index contributed by atoms with van der Waals surface area (Å²) in [5.74, 6) is 0. The van der Waals surface area contributed by atoms with Gasteiger partial charge in [0.25, 0.3) is 0 Å². The summed E-state index contributed by atoms with van der Waals surface area (Å²) < 4.78 is 0. The molecular formula is C36H39BrCl6N4O2. The second-order valence-corrected chi connectivity index (χ2v) is 14.7. The van der Waals surface area contributed by atoms with Crippen LogP contribution in [0.5, 0.6) is 0 Å². The van der Waals surface area contributed by atoms with Gasteiger partial charge in [-0.2, -0.15) is 0 Å². The number of rotatable bonds is 7. The Morgan fingerprint density at radius 2 is 1.08 bits per heavy atom. The van der Waals surface area contributed by atoms with Gasteiger partial charge in [-0.15, -0.1) is 0 Å². The molecule has 49 heavy (non-hydrogen) atoms. The van der Waals surface area contributed by atoms with Gasteiger partial charge in [0.05, 0.1) is 46.7 Å². The van der Waals surface area contributed by atoms with Crippen LogP contribution >= 0.6 is 85.5 Å². The monoisotopic (exact) mass is 848 g/mol. The SMILES string of the molecule is Clc1ccc([C@@H]2CNCCN2c2ccc(Cl)cc2Cl)cc1.OCCBr.OCCN1CCN(c2ccc(Cl)cc2Cl)[C@H](c2ccc(Cl)cc2)C1. The minimum Gasteiger partial charge on any atom is -0.396 e.